The number of hydrogen-bond acceptors (Lipinski definition) is 6. The quantitative estimate of drug-likeness (QED) is 0.443. The lowest BCUT2D eigenvalue weighted by Crippen LogP contribution is -2.11. The maximum atomic E-state index is 13.4. The van der Waals surface area contributed by atoms with Crippen LogP contribution in [0.25, 0.3) is 22.8 Å². The van der Waals surface area contributed by atoms with E-state index in [1.54, 1.807) is 29.6 Å². The van der Waals surface area contributed by atoms with Crippen LogP contribution in [0.5, 0.6) is 0 Å². The van der Waals surface area contributed by atoms with E-state index in [2.05, 4.69) is 14.9 Å². The molecule has 6 nitrogen and oxygen atoms in total. The van der Waals surface area contributed by atoms with E-state index in [0.717, 1.165) is 16.9 Å². The third-order valence-corrected chi connectivity index (χ3v) is 7.08. The van der Waals surface area contributed by atoms with E-state index in [1.807, 2.05) is 6.92 Å². The van der Waals surface area contributed by atoms with Crippen LogP contribution in [0, 0.1) is 12.7 Å². The molecular formula is C19H13ClFN3O3S2. The second-order valence-electron chi connectivity index (χ2n) is 6.18. The van der Waals surface area contributed by atoms with E-state index in [9.17, 15) is 12.8 Å². The zero-order chi connectivity index (χ0) is 20.6. The summed E-state index contributed by atoms with van der Waals surface area (Å²) in [6.45, 7) is 1.86. The van der Waals surface area contributed by atoms with Gasteiger partial charge in [-0.05, 0) is 42.8 Å². The average Bonchev–Trinajstić information content (AvgIpc) is 3.33. The molecule has 0 aliphatic rings. The zero-order valence-corrected chi connectivity index (χ0v) is 17.3. The molecule has 0 aliphatic carbocycles. The minimum absolute atomic E-state index is 0.0645. The number of nitrogens with zero attached hydrogens (tertiary/aromatic N) is 2. The van der Waals surface area contributed by atoms with Gasteiger partial charge in [0.05, 0.1) is 16.3 Å². The van der Waals surface area contributed by atoms with Crippen LogP contribution in [0.3, 0.4) is 0 Å². The number of benzene rings is 2. The van der Waals surface area contributed by atoms with Crippen LogP contribution in [-0.4, -0.2) is 18.6 Å². The number of halogens is 2. The summed E-state index contributed by atoms with van der Waals surface area (Å²) in [6, 6.07) is 12.3. The second-order valence-corrected chi connectivity index (χ2v) is 9.40. The van der Waals surface area contributed by atoms with Crippen molar-refractivity contribution < 1.29 is 17.3 Å². The molecule has 148 valence electrons. The van der Waals surface area contributed by atoms with Gasteiger partial charge in [0.15, 0.2) is 0 Å². The van der Waals surface area contributed by atoms with Gasteiger partial charge in [0, 0.05) is 10.9 Å². The third kappa shape index (κ3) is 4.16. The molecule has 0 saturated heterocycles. The van der Waals surface area contributed by atoms with Crippen molar-refractivity contribution in [2.45, 2.75) is 11.1 Å². The number of aryl methyl sites for hydroxylation is 1. The molecule has 2 heterocycles. The molecule has 4 aromatic rings. The summed E-state index contributed by atoms with van der Waals surface area (Å²) in [7, 11) is -3.84. The van der Waals surface area contributed by atoms with E-state index in [-0.39, 0.29) is 15.9 Å². The highest BCUT2D eigenvalue weighted by molar-refractivity contribution is 7.94. The summed E-state index contributed by atoms with van der Waals surface area (Å²) in [5.74, 6) is -0.0754. The summed E-state index contributed by atoms with van der Waals surface area (Å²) in [4.78, 5) is 4.22. The van der Waals surface area contributed by atoms with Crippen molar-refractivity contribution in [2.24, 2.45) is 0 Å². The monoisotopic (exact) mass is 449 g/mol. The molecule has 0 bridgehead atoms. The van der Waals surface area contributed by atoms with Crippen molar-refractivity contribution in [3.63, 3.8) is 0 Å². The Labute approximate surface area is 175 Å². The third-order valence-electron chi connectivity index (χ3n) is 3.96. The first kappa shape index (κ1) is 19.6. The molecule has 0 saturated carbocycles. The minimum atomic E-state index is -3.84. The van der Waals surface area contributed by atoms with E-state index in [1.165, 1.54) is 24.3 Å². The Morgan fingerprint density at radius 3 is 2.72 bits per heavy atom. The summed E-state index contributed by atoms with van der Waals surface area (Å²) < 4.78 is 46.5. The molecule has 29 heavy (non-hydrogen) atoms. The van der Waals surface area contributed by atoms with Gasteiger partial charge in [-0.25, -0.2) is 12.8 Å². The van der Waals surface area contributed by atoms with Gasteiger partial charge < -0.3 is 4.52 Å². The van der Waals surface area contributed by atoms with Gasteiger partial charge in [-0.3, -0.25) is 4.72 Å². The van der Waals surface area contributed by atoms with Crippen molar-refractivity contribution in [3.8, 4) is 22.8 Å². The Morgan fingerprint density at radius 2 is 1.97 bits per heavy atom. The van der Waals surface area contributed by atoms with Crippen molar-refractivity contribution in [1.82, 2.24) is 10.1 Å². The van der Waals surface area contributed by atoms with Crippen molar-refractivity contribution >= 4 is 38.6 Å². The number of sulfonamides is 1. The number of aromatic nitrogens is 2. The molecular weight excluding hydrogens is 437 g/mol. The maximum Gasteiger partial charge on any atom is 0.271 e. The Bertz CT molecular complexity index is 1300. The fourth-order valence-corrected chi connectivity index (χ4v) is 5.12. The number of nitrogens with one attached hydrogen (secondary N) is 1. The van der Waals surface area contributed by atoms with Crippen molar-refractivity contribution in [3.05, 3.63) is 70.3 Å². The highest BCUT2D eigenvalue weighted by Crippen LogP contribution is 2.31. The summed E-state index contributed by atoms with van der Waals surface area (Å²) in [5, 5.41) is 5.73. The van der Waals surface area contributed by atoms with Crippen LogP contribution in [0.2, 0.25) is 5.02 Å². The molecule has 2 aromatic heterocycles. The molecule has 2 aromatic carbocycles. The predicted octanol–water partition coefficient (Wildman–Crippen LogP) is 5.37. The van der Waals surface area contributed by atoms with Gasteiger partial charge in [0.2, 0.25) is 5.82 Å². The lowest BCUT2D eigenvalue weighted by Gasteiger charge is -2.08. The van der Waals surface area contributed by atoms with Crippen LogP contribution >= 0.6 is 22.9 Å². The van der Waals surface area contributed by atoms with Gasteiger partial charge in [-0.2, -0.15) is 4.98 Å². The molecule has 0 atom stereocenters. The highest BCUT2D eigenvalue weighted by Gasteiger charge is 2.21. The topological polar surface area (TPSA) is 85.1 Å². The lowest BCUT2D eigenvalue weighted by atomic mass is 10.2. The van der Waals surface area contributed by atoms with Crippen molar-refractivity contribution in [1.29, 1.82) is 0 Å². The molecule has 0 amide bonds. The lowest BCUT2D eigenvalue weighted by molar-refractivity contribution is 0.432. The molecule has 0 unspecified atom stereocenters. The fraction of sp³-hybridized carbons (Fsp3) is 0.0526. The number of thiophene rings is 1. The molecule has 0 fully saturated rings. The van der Waals surface area contributed by atoms with Crippen LogP contribution in [0.15, 0.2) is 62.6 Å². The first-order valence-corrected chi connectivity index (χ1v) is 11.0. The Balaban J connectivity index is 1.59. The maximum absolute atomic E-state index is 13.4. The van der Waals surface area contributed by atoms with E-state index in [4.69, 9.17) is 16.1 Å². The van der Waals surface area contributed by atoms with Gasteiger partial charge in [0.25, 0.3) is 15.9 Å². The van der Waals surface area contributed by atoms with Crippen molar-refractivity contribution in [2.75, 3.05) is 4.72 Å². The number of rotatable bonds is 5. The predicted molar refractivity (Wildman–Crippen MR) is 110 cm³/mol. The SMILES string of the molecule is Cc1ccc(NS(=O)(=O)c2cc(-c3nc(-c4cccc(F)c4)no3)cs2)c(Cl)c1. The Morgan fingerprint density at radius 1 is 1.14 bits per heavy atom. The number of hydrogen-bond donors (Lipinski definition) is 1. The molecule has 0 aliphatic heterocycles. The van der Waals surface area contributed by atoms with Gasteiger partial charge in [-0.1, -0.05) is 35.0 Å². The van der Waals surface area contributed by atoms with Gasteiger partial charge in [0.1, 0.15) is 10.0 Å². The van der Waals surface area contributed by atoms with E-state index in [0.29, 0.717) is 21.8 Å². The van der Waals surface area contributed by atoms with E-state index >= 15 is 0 Å². The molecule has 10 heteroatoms. The largest absolute Gasteiger partial charge is 0.334 e. The fourth-order valence-electron chi connectivity index (χ4n) is 2.55. The Hall–Kier alpha value is -2.75. The second kappa shape index (κ2) is 7.58. The number of anilines is 1. The van der Waals surface area contributed by atoms with Crippen LogP contribution in [0.1, 0.15) is 5.56 Å². The first-order valence-electron chi connectivity index (χ1n) is 8.29. The van der Waals surface area contributed by atoms with Gasteiger partial charge >= 0.3 is 0 Å². The summed E-state index contributed by atoms with van der Waals surface area (Å²) >= 11 is 7.12. The van der Waals surface area contributed by atoms with Gasteiger partial charge in [-0.15, -0.1) is 11.3 Å². The smallest absolute Gasteiger partial charge is 0.271 e. The molecule has 4 rings (SSSR count). The normalized spacial score (nSPS) is 11.6. The standard InChI is InChI=1S/C19H13ClFN3O3S2/c1-11-5-6-16(15(20)7-11)24-29(25,26)17-9-13(10-28-17)19-22-18(23-27-19)12-3-2-4-14(21)8-12/h2-10,24H,1H3. The Kier molecular flexibility index (Phi) is 5.12. The van der Waals surface area contributed by atoms with Crippen LogP contribution in [-0.2, 0) is 10.0 Å². The highest BCUT2D eigenvalue weighted by atomic mass is 35.5. The van der Waals surface area contributed by atoms with E-state index < -0.39 is 15.8 Å². The molecule has 0 spiro atoms. The molecule has 1 N–H and O–H groups in total. The molecule has 0 radical (unpaired) electrons. The van der Waals surface area contributed by atoms with Crippen LogP contribution in [0.4, 0.5) is 10.1 Å². The summed E-state index contributed by atoms with van der Waals surface area (Å²) in [6.07, 6.45) is 0. The zero-order valence-electron chi connectivity index (χ0n) is 14.9. The summed E-state index contributed by atoms with van der Waals surface area (Å²) in [5.41, 5.74) is 2.11. The average molecular weight is 450 g/mol. The van der Waals surface area contributed by atoms with Crippen LogP contribution < -0.4 is 4.72 Å². The minimum Gasteiger partial charge on any atom is -0.334 e. The first-order chi connectivity index (χ1) is 13.8.